The number of nitrogens with zero attached hydrogens (tertiary/aromatic N) is 2. The van der Waals surface area contributed by atoms with E-state index in [1.807, 2.05) is 0 Å². The summed E-state index contributed by atoms with van der Waals surface area (Å²) in [5, 5.41) is 8.81. The molecule has 0 saturated carbocycles. The van der Waals surface area contributed by atoms with Crippen LogP contribution in [-0.2, 0) is 13.2 Å². The summed E-state index contributed by atoms with van der Waals surface area (Å²) in [6.07, 6.45) is -7.86. The van der Waals surface area contributed by atoms with Crippen molar-refractivity contribution < 1.29 is 40.3 Å². The van der Waals surface area contributed by atoms with Crippen LogP contribution in [0.2, 0.25) is 5.02 Å². The monoisotopic (exact) mass is 596 g/mol. The van der Waals surface area contributed by atoms with Gasteiger partial charge in [0.15, 0.2) is 0 Å². The van der Waals surface area contributed by atoms with E-state index in [2.05, 4.69) is 15.7 Å². The van der Waals surface area contributed by atoms with Gasteiger partial charge in [0, 0.05) is 45.6 Å². The number of rotatable bonds is 5. The second kappa shape index (κ2) is 10.2. The van der Waals surface area contributed by atoms with Crippen molar-refractivity contribution in [3.8, 4) is 11.3 Å². The van der Waals surface area contributed by atoms with Crippen LogP contribution in [0.3, 0.4) is 0 Å². The second-order valence-corrected chi connectivity index (χ2v) is 9.52. The smallest absolute Gasteiger partial charge is 0.341 e. The van der Waals surface area contributed by atoms with Crippen molar-refractivity contribution in [2.75, 3.05) is 5.32 Å². The second-order valence-electron chi connectivity index (χ2n) is 9.12. The Morgan fingerprint density at radius 2 is 1.78 bits per heavy atom. The Balaban J connectivity index is 1.68. The highest BCUT2D eigenvalue weighted by Gasteiger charge is 2.36. The van der Waals surface area contributed by atoms with Gasteiger partial charge in [0.05, 0.1) is 17.3 Å². The third kappa shape index (κ3) is 5.36. The van der Waals surface area contributed by atoms with Gasteiger partial charge in [-0.1, -0.05) is 11.6 Å². The van der Waals surface area contributed by atoms with Crippen LogP contribution in [0.1, 0.15) is 55.6 Å². The summed E-state index contributed by atoms with van der Waals surface area (Å²) in [6, 6.07) is 7.22. The number of fused-ring (bicyclic) bond motifs is 1. The fourth-order valence-electron chi connectivity index (χ4n) is 4.60. The molecule has 1 aromatic heterocycles. The number of anilines is 1. The lowest BCUT2D eigenvalue weighted by atomic mass is 9.93. The Morgan fingerprint density at radius 3 is 2.44 bits per heavy atom. The average molecular weight is 597 g/mol. The molecular formula is C27H16ClF7N4O2. The lowest BCUT2D eigenvalue weighted by Crippen LogP contribution is -2.21. The predicted octanol–water partition coefficient (Wildman–Crippen LogP) is 7.06. The molecule has 2 heterocycles. The van der Waals surface area contributed by atoms with E-state index >= 15 is 0 Å². The Labute approximate surface area is 231 Å². The highest BCUT2D eigenvalue weighted by atomic mass is 35.5. The normalized spacial score (nSPS) is 14.8. The zero-order valence-corrected chi connectivity index (χ0v) is 21.3. The van der Waals surface area contributed by atoms with Gasteiger partial charge in [-0.25, -0.2) is 17.6 Å². The molecule has 0 aliphatic carbocycles. The molecule has 0 fully saturated rings. The van der Waals surface area contributed by atoms with Gasteiger partial charge in [-0.2, -0.15) is 18.3 Å². The lowest BCUT2D eigenvalue weighted by molar-refractivity contribution is -0.137. The molecule has 14 heteroatoms. The molecule has 0 saturated heterocycles. The Morgan fingerprint density at radius 1 is 1.05 bits per heavy atom. The third-order valence-electron chi connectivity index (χ3n) is 6.41. The molecule has 1 aliphatic heterocycles. The van der Waals surface area contributed by atoms with Crippen LogP contribution in [0, 0.1) is 11.6 Å². The van der Waals surface area contributed by atoms with E-state index in [1.165, 1.54) is 25.2 Å². The first kappa shape index (κ1) is 28.1. The van der Waals surface area contributed by atoms with Crippen molar-refractivity contribution in [1.29, 1.82) is 0 Å². The summed E-state index contributed by atoms with van der Waals surface area (Å²) in [7, 11) is 1.37. The summed E-state index contributed by atoms with van der Waals surface area (Å²) >= 11 is 6.27. The molecule has 2 amide bonds. The summed E-state index contributed by atoms with van der Waals surface area (Å²) in [6.45, 7) is 0. The number of nitrogens with one attached hydrogen (secondary N) is 2. The molecule has 3 aromatic carbocycles. The van der Waals surface area contributed by atoms with Gasteiger partial charge in [0.1, 0.15) is 17.3 Å². The first-order valence-corrected chi connectivity index (χ1v) is 12.1. The number of benzene rings is 3. The van der Waals surface area contributed by atoms with Crippen molar-refractivity contribution in [1.82, 2.24) is 15.1 Å². The van der Waals surface area contributed by atoms with Crippen molar-refractivity contribution in [2.24, 2.45) is 7.05 Å². The number of amides is 2. The number of alkyl halides is 5. The first-order valence-electron chi connectivity index (χ1n) is 11.7. The minimum absolute atomic E-state index is 0.0547. The maximum atomic E-state index is 14.1. The number of carbonyl (C=O) groups is 2. The number of carbonyl (C=O) groups excluding carboxylic acids is 2. The van der Waals surface area contributed by atoms with Crippen molar-refractivity contribution in [3.63, 3.8) is 0 Å². The number of aromatic nitrogens is 2. The van der Waals surface area contributed by atoms with Gasteiger partial charge in [-0.15, -0.1) is 0 Å². The number of aryl methyl sites for hydroxylation is 1. The van der Waals surface area contributed by atoms with Crippen LogP contribution in [0.25, 0.3) is 11.3 Å². The fourth-order valence-corrected chi connectivity index (χ4v) is 4.83. The van der Waals surface area contributed by atoms with Crippen LogP contribution in [0.4, 0.5) is 36.4 Å². The zero-order valence-electron chi connectivity index (χ0n) is 20.6. The van der Waals surface area contributed by atoms with Crippen LogP contribution in [-0.4, -0.2) is 21.6 Å². The minimum atomic E-state index is -4.95. The molecule has 0 spiro atoms. The van der Waals surface area contributed by atoms with Crippen molar-refractivity contribution in [2.45, 2.75) is 18.6 Å². The molecule has 212 valence electrons. The lowest BCUT2D eigenvalue weighted by Gasteiger charge is -2.19. The molecule has 1 aliphatic rings. The van der Waals surface area contributed by atoms with Crippen LogP contribution < -0.4 is 10.6 Å². The first-order chi connectivity index (χ1) is 19.2. The van der Waals surface area contributed by atoms with E-state index in [0.29, 0.717) is 12.1 Å². The molecule has 1 atom stereocenters. The van der Waals surface area contributed by atoms with Crippen LogP contribution >= 0.6 is 11.6 Å². The summed E-state index contributed by atoms with van der Waals surface area (Å²) < 4.78 is 95.7. The van der Waals surface area contributed by atoms with Crippen LogP contribution in [0.5, 0.6) is 0 Å². The van der Waals surface area contributed by atoms with Crippen molar-refractivity contribution >= 4 is 29.1 Å². The Bertz CT molecular complexity index is 1720. The molecule has 4 aromatic rings. The minimum Gasteiger partial charge on any atom is -0.341 e. The van der Waals surface area contributed by atoms with Crippen molar-refractivity contribution in [3.05, 3.63) is 105 Å². The van der Waals surface area contributed by atoms with Gasteiger partial charge < -0.3 is 10.6 Å². The van der Waals surface area contributed by atoms with Gasteiger partial charge in [-0.3, -0.25) is 14.3 Å². The Kier molecular flexibility index (Phi) is 7.02. The average Bonchev–Trinajstić information content (AvgIpc) is 3.44. The highest BCUT2D eigenvalue weighted by Crippen LogP contribution is 2.42. The molecule has 6 nitrogen and oxygen atoms in total. The van der Waals surface area contributed by atoms with Gasteiger partial charge >= 0.3 is 6.18 Å². The molecule has 0 radical (unpaired) electrons. The maximum Gasteiger partial charge on any atom is 0.416 e. The standard InChI is InChI=1S/C27H16ClF7N4O2/c1-39-21(10-20(38-39)24(31)32)11-6-17-22(23(37-26(17)41)16-9-14(29)2-3-18(16)28)19(7-11)36-25(40)12-4-13(27(33,34)35)8-15(30)5-12/h2-10,23-24H,1H3,(H,36,40)(H,37,41). The van der Waals surface area contributed by atoms with E-state index in [-0.39, 0.29) is 44.7 Å². The van der Waals surface area contributed by atoms with Gasteiger partial charge in [-0.05, 0) is 54.6 Å². The molecule has 2 N–H and O–H groups in total. The summed E-state index contributed by atoms with van der Waals surface area (Å²) in [4.78, 5) is 26.2. The number of halogens is 8. The van der Waals surface area contributed by atoms with E-state index in [0.717, 1.165) is 22.9 Å². The Hall–Kier alpha value is -4.39. The molecule has 0 bridgehead atoms. The van der Waals surface area contributed by atoms with Gasteiger partial charge in [0.25, 0.3) is 18.2 Å². The third-order valence-corrected chi connectivity index (χ3v) is 6.76. The molecular weight excluding hydrogens is 581 g/mol. The van der Waals surface area contributed by atoms with Crippen LogP contribution in [0.15, 0.2) is 54.6 Å². The van der Waals surface area contributed by atoms with E-state index in [9.17, 15) is 40.3 Å². The van der Waals surface area contributed by atoms with E-state index < -0.39 is 58.9 Å². The molecule has 1 unspecified atom stereocenters. The largest absolute Gasteiger partial charge is 0.416 e. The van der Waals surface area contributed by atoms with E-state index in [4.69, 9.17) is 11.6 Å². The fraction of sp³-hybridized carbons (Fsp3) is 0.148. The zero-order chi connectivity index (χ0) is 29.8. The van der Waals surface area contributed by atoms with Gasteiger partial charge in [0.2, 0.25) is 0 Å². The topological polar surface area (TPSA) is 76.0 Å². The predicted molar refractivity (Wildman–Crippen MR) is 134 cm³/mol. The quantitative estimate of drug-likeness (QED) is 0.242. The number of hydrogen-bond acceptors (Lipinski definition) is 3. The number of hydrogen-bond donors (Lipinski definition) is 2. The molecule has 41 heavy (non-hydrogen) atoms. The maximum absolute atomic E-state index is 14.1. The van der Waals surface area contributed by atoms with E-state index in [1.54, 1.807) is 0 Å². The highest BCUT2D eigenvalue weighted by molar-refractivity contribution is 6.31. The molecule has 5 rings (SSSR count). The summed E-state index contributed by atoms with van der Waals surface area (Å²) in [5.41, 5.74) is -2.44. The SMILES string of the molecule is Cn1nc(C(F)F)cc1-c1cc(NC(=O)c2cc(F)cc(C(F)(F)F)c2)c2c(c1)C(=O)NC2c1cc(F)ccc1Cl. The summed E-state index contributed by atoms with van der Waals surface area (Å²) in [5.74, 6) is -3.87.